The molecule has 0 bridgehead atoms. The number of aryl methyl sites for hydroxylation is 1. The first-order chi connectivity index (χ1) is 10.1. The molecule has 0 spiro atoms. The van der Waals surface area contributed by atoms with Gasteiger partial charge in [-0.25, -0.2) is 4.79 Å². The van der Waals surface area contributed by atoms with Crippen molar-refractivity contribution in [2.45, 2.75) is 46.5 Å². The number of hydrogen-bond acceptors (Lipinski definition) is 3. The van der Waals surface area contributed by atoms with Gasteiger partial charge in [0.15, 0.2) is 0 Å². The summed E-state index contributed by atoms with van der Waals surface area (Å²) in [5.41, 5.74) is 1.88. The summed E-state index contributed by atoms with van der Waals surface area (Å²) in [7, 11) is 0. The molecule has 0 aromatic heterocycles. The van der Waals surface area contributed by atoms with E-state index < -0.39 is 0 Å². The van der Waals surface area contributed by atoms with Gasteiger partial charge in [-0.2, -0.15) is 0 Å². The van der Waals surface area contributed by atoms with Crippen molar-refractivity contribution in [1.29, 1.82) is 0 Å². The summed E-state index contributed by atoms with van der Waals surface area (Å²) in [6.07, 6.45) is 4.46. The predicted octanol–water partition coefficient (Wildman–Crippen LogP) is 4.25. The molecule has 21 heavy (non-hydrogen) atoms. The zero-order valence-corrected chi connectivity index (χ0v) is 13.6. The number of benzene rings is 1. The number of carbonyl (C=O) groups excluding carboxylic acids is 1. The van der Waals surface area contributed by atoms with Crippen LogP contribution in [0.3, 0.4) is 0 Å². The summed E-state index contributed by atoms with van der Waals surface area (Å²) in [4.78, 5) is 11.8. The highest BCUT2D eigenvalue weighted by Crippen LogP contribution is 2.09. The Balaban J connectivity index is 2.22. The molecular formula is C18H28O3. The third-order valence-electron chi connectivity index (χ3n) is 3.31. The molecule has 0 amide bonds. The van der Waals surface area contributed by atoms with Crippen molar-refractivity contribution in [2.24, 2.45) is 5.92 Å². The van der Waals surface area contributed by atoms with Crippen molar-refractivity contribution in [3.8, 4) is 0 Å². The van der Waals surface area contributed by atoms with E-state index in [0.717, 1.165) is 19.4 Å². The van der Waals surface area contributed by atoms with E-state index >= 15 is 0 Å². The number of esters is 1. The first kappa shape index (κ1) is 17.7. The molecule has 0 saturated carbocycles. The van der Waals surface area contributed by atoms with Crippen LogP contribution in [0.15, 0.2) is 24.3 Å². The van der Waals surface area contributed by atoms with E-state index in [0.29, 0.717) is 24.7 Å². The van der Waals surface area contributed by atoms with Crippen molar-refractivity contribution in [1.82, 2.24) is 0 Å². The summed E-state index contributed by atoms with van der Waals surface area (Å²) in [5.74, 6) is 0.364. The van der Waals surface area contributed by atoms with Crippen LogP contribution < -0.4 is 0 Å². The Kier molecular flexibility index (Phi) is 8.76. The van der Waals surface area contributed by atoms with Gasteiger partial charge in [0.05, 0.1) is 12.2 Å². The molecule has 0 atom stereocenters. The molecule has 3 heteroatoms. The lowest BCUT2D eigenvalue weighted by Gasteiger charge is -2.08. The third-order valence-corrected chi connectivity index (χ3v) is 3.31. The maximum absolute atomic E-state index is 11.8. The summed E-state index contributed by atoms with van der Waals surface area (Å²) in [6, 6.07) is 7.69. The van der Waals surface area contributed by atoms with Crippen LogP contribution in [0.2, 0.25) is 0 Å². The molecule has 1 aromatic rings. The van der Waals surface area contributed by atoms with Crippen molar-refractivity contribution >= 4 is 5.97 Å². The SMILES string of the molecule is CCCCc1ccc(C(=O)OCCOCCC(C)C)cc1. The van der Waals surface area contributed by atoms with Gasteiger partial charge in [0.1, 0.15) is 6.61 Å². The molecule has 0 heterocycles. The van der Waals surface area contributed by atoms with E-state index in [-0.39, 0.29) is 5.97 Å². The lowest BCUT2D eigenvalue weighted by molar-refractivity contribution is 0.0303. The van der Waals surface area contributed by atoms with E-state index in [9.17, 15) is 4.79 Å². The molecule has 0 unspecified atom stereocenters. The highest BCUT2D eigenvalue weighted by atomic mass is 16.6. The molecule has 1 rings (SSSR count). The standard InChI is InChI=1S/C18H28O3/c1-4-5-6-16-7-9-17(10-8-16)18(19)21-14-13-20-12-11-15(2)3/h7-10,15H,4-6,11-14H2,1-3H3. The summed E-state index contributed by atoms with van der Waals surface area (Å²) in [5, 5.41) is 0. The zero-order valence-electron chi connectivity index (χ0n) is 13.6. The van der Waals surface area contributed by atoms with E-state index in [1.807, 2.05) is 24.3 Å². The number of ether oxygens (including phenoxy) is 2. The average Bonchev–Trinajstić information content (AvgIpc) is 2.48. The van der Waals surface area contributed by atoms with Gasteiger partial charge in [0.2, 0.25) is 0 Å². The third kappa shape index (κ3) is 7.86. The molecule has 0 fully saturated rings. The second-order valence-electron chi connectivity index (χ2n) is 5.73. The fraction of sp³-hybridized carbons (Fsp3) is 0.611. The largest absolute Gasteiger partial charge is 0.460 e. The van der Waals surface area contributed by atoms with Gasteiger partial charge in [-0.05, 0) is 42.9 Å². The van der Waals surface area contributed by atoms with Gasteiger partial charge in [-0.15, -0.1) is 0 Å². The van der Waals surface area contributed by atoms with Crippen LogP contribution in [0, 0.1) is 5.92 Å². The van der Waals surface area contributed by atoms with Gasteiger partial charge in [0.25, 0.3) is 0 Å². The van der Waals surface area contributed by atoms with Crippen molar-refractivity contribution in [3.63, 3.8) is 0 Å². The summed E-state index contributed by atoms with van der Waals surface area (Å²) in [6.45, 7) is 8.00. The Morgan fingerprint density at radius 3 is 2.43 bits per heavy atom. The second-order valence-corrected chi connectivity index (χ2v) is 5.73. The van der Waals surface area contributed by atoms with Gasteiger partial charge in [0, 0.05) is 6.61 Å². The second kappa shape index (κ2) is 10.4. The lowest BCUT2D eigenvalue weighted by atomic mass is 10.1. The number of hydrogen-bond donors (Lipinski definition) is 0. The van der Waals surface area contributed by atoms with Crippen LogP contribution in [0.4, 0.5) is 0 Å². The molecular weight excluding hydrogens is 264 g/mol. The lowest BCUT2D eigenvalue weighted by Crippen LogP contribution is -2.11. The van der Waals surface area contributed by atoms with Gasteiger partial charge < -0.3 is 9.47 Å². The fourth-order valence-electron chi connectivity index (χ4n) is 1.89. The van der Waals surface area contributed by atoms with Gasteiger partial charge in [-0.3, -0.25) is 0 Å². The molecule has 0 saturated heterocycles. The van der Waals surface area contributed by atoms with Crippen LogP contribution in [-0.2, 0) is 15.9 Å². The molecule has 0 aliphatic rings. The van der Waals surface area contributed by atoms with Crippen molar-refractivity contribution < 1.29 is 14.3 Å². The minimum Gasteiger partial charge on any atom is -0.460 e. The number of rotatable bonds is 10. The van der Waals surface area contributed by atoms with E-state index in [4.69, 9.17) is 9.47 Å². The van der Waals surface area contributed by atoms with Gasteiger partial charge in [-0.1, -0.05) is 39.3 Å². The Hall–Kier alpha value is -1.35. The Morgan fingerprint density at radius 1 is 1.10 bits per heavy atom. The van der Waals surface area contributed by atoms with Crippen molar-refractivity contribution in [3.05, 3.63) is 35.4 Å². The highest BCUT2D eigenvalue weighted by Gasteiger charge is 2.06. The first-order valence-electron chi connectivity index (χ1n) is 7.97. The average molecular weight is 292 g/mol. The van der Waals surface area contributed by atoms with Crippen LogP contribution in [0.5, 0.6) is 0 Å². The maximum Gasteiger partial charge on any atom is 0.338 e. The normalized spacial score (nSPS) is 10.9. The Morgan fingerprint density at radius 2 is 1.81 bits per heavy atom. The van der Waals surface area contributed by atoms with Crippen LogP contribution in [-0.4, -0.2) is 25.8 Å². The topological polar surface area (TPSA) is 35.5 Å². The molecule has 0 aliphatic carbocycles. The first-order valence-corrected chi connectivity index (χ1v) is 7.97. The van der Waals surface area contributed by atoms with Crippen LogP contribution in [0.1, 0.15) is 56.0 Å². The fourth-order valence-corrected chi connectivity index (χ4v) is 1.89. The monoisotopic (exact) mass is 292 g/mol. The number of carbonyl (C=O) groups is 1. The molecule has 118 valence electrons. The molecule has 0 N–H and O–H groups in total. The highest BCUT2D eigenvalue weighted by molar-refractivity contribution is 5.89. The minimum atomic E-state index is -0.274. The van der Waals surface area contributed by atoms with Crippen LogP contribution >= 0.6 is 0 Å². The molecule has 0 aliphatic heterocycles. The molecule has 3 nitrogen and oxygen atoms in total. The quantitative estimate of drug-likeness (QED) is 0.478. The molecule has 1 aromatic carbocycles. The zero-order chi connectivity index (χ0) is 15.5. The van der Waals surface area contributed by atoms with E-state index in [1.54, 1.807) is 0 Å². The van der Waals surface area contributed by atoms with E-state index in [2.05, 4.69) is 20.8 Å². The predicted molar refractivity (Wildman–Crippen MR) is 85.6 cm³/mol. The maximum atomic E-state index is 11.8. The summed E-state index contributed by atoms with van der Waals surface area (Å²) < 4.78 is 10.6. The van der Waals surface area contributed by atoms with Gasteiger partial charge >= 0.3 is 5.97 Å². The van der Waals surface area contributed by atoms with E-state index in [1.165, 1.54) is 18.4 Å². The number of unbranched alkanes of at least 4 members (excludes halogenated alkanes) is 1. The Bertz CT molecular complexity index is 395. The van der Waals surface area contributed by atoms with Crippen LogP contribution in [0.25, 0.3) is 0 Å². The summed E-state index contributed by atoms with van der Waals surface area (Å²) >= 11 is 0. The molecule has 0 radical (unpaired) electrons. The van der Waals surface area contributed by atoms with Crippen molar-refractivity contribution in [2.75, 3.05) is 19.8 Å². The Labute approximate surface area is 128 Å². The minimum absolute atomic E-state index is 0.274. The smallest absolute Gasteiger partial charge is 0.338 e.